The van der Waals surface area contributed by atoms with Crippen molar-refractivity contribution in [3.63, 3.8) is 0 Å². The lowest BCUT2D eigenvalue weighted by Crippen LogP contribution is -2.28. The number of benzene rings is 1. The van der Waals surface area contributed by atoms with Gasteiger partial charge in [-0.05, 0) is 49.6 Å². The molecule has 0 spiro atoms. The van der Waals surface area contributed by atoms with Crippen molar-refractivity contribution in [2.24, 2.45) is 5.92 Å². The molecular formula is C22H22ClF2NO5S. The van der Waals surface area contributed by atoms with E-state index in [0.29, 0.717) is 35.6 Å². The molecule has 1 aliphatic rings. The number of carboxylic acid groups (broad SMARTS) is 1. The third-order valence-electron chi connectivity index (χ3n) is 5.33. The fraction of sp³-hybridized carbons (Fsp3) is 0.409. The van der Waals surface area contributed by atoms with E-state index in [4.69, 9.17) is 21.4 Å². The van der Waals surface area contributed by atoms with E-state index in [1.54, 1.807) is 11.4 Å². The lowest BCUT2D eigenvalue weighted by atomic mass is 9.87. The molecule has 0 unspecified atom stereocenters. The van der Waals surface area contributed by atoms with Gasteiger partial charge in [0, 0.05) is 19.0 Å². The summed E-state index contributed by atoms with van der Waals surface area (Å²) in [5.41, 5.74) is -0.378. The Bertz CT molecular complexity index is 1000. The van der Waals surface area contributed by atoms with Gasteiger partial charge in [-0.2, -0.15) is 0 Å². The van der Waals surface area contributed by atoms with Crippen LogP contribution in [0.15, 0.2) is 23.6 Å². The lowest BCUT2D eigenvalue weighted by molar-refractivity contribution is -0.143. The molecular weight excluding hydrogens is 464 g/mol. The highest BCUT2D eigenvalue weighted by Crippen LogP contribution is 2.30. The van der Waals surface area contributed by atoms with E-state index in [1.807, 2.05) is 0 Å². The summed E-state index contributed by atoms with van der Waals surface area (Å²) < 4.78 is 34.4. The molecule has 0 radical (unpaired) electrons. The van der Waals surface area contributed by atoms with Gasteiger partial charge in [-0.3, -0.25) is 14.4 Å². The number of hydrogen-bond acceptors (Lipinski definition) is 5. The van der Waals surface area contributed by atoms with Crippen molar-refractivity contribution in [3.8, 4) is 5.75 Å². The molecule has 1 aromatic heterocycles. The normalized spacial score (nSPS) is 18.2. The first-order valence-electron chi connectivity index (χ1n) is 10.2. The third kappa shape index (κ3) is 6.04. The number of carbonyl (C=O) groups is 3. The molecule has 1 aliphatic carbocycles. The zero-order valence-corrected chi connectivity index (χ0v) is 18.6. The Morgan fingerprint density at radius 2 is 1.88 bits per heavy atom. The maximum absolute atomic E-state index is 14.4. The zero-order chi connectivity index (χ0) is 23.3. The number of nitrogens with one attached hydrogen (secondary N) is 1. The van der Waals surface area contributed by atoms with Crippen LogP contribution in [0.4, 0.5) is 8.78 Å². The summed E-state index contributed by atoms with van der Waals surface area (Å²) in [4.78, 5) is 35.7. The van der Waals surface area contributed by atoms with Crippen LogP contribution in [0.1, 0.15) is 58.6 Å². The summed E-state index contributed by atoms with van der Waals surface area (Å²) >= 11 is 7.08. The molecule has 2 N–H and O–H groups in total. The summed E-state index contributed by atoms with van der Waals surface area (Å²) in [6.07, 6.45) is 1.46. The molecule has 2 aromatic rings. The highest BCUT2D eigenvalue weighted by atomic mass is 35.5. The first-order chi connectivity index (χ1) is 15.3. The summed E-state index contributed by atoms with van der Waals surface area (Å²) in [7, 11) is 0. The van der Waals surface area contributed by atoms with E-state index in [-0.39, 0.29) is 36.6 Å². The number of halogens is 3. The Balaban J connectivity index is 1.50. The fourth-order valence-corrected chi connectivity index (χ4v) is 4.62. The van der Waals surface area contributed by atoms with Gasteiger partial charge in [0.05, 0.1) is 22.6 Å². The predicted octanol–water partition coefficient (Wildman–Crippen LogP) is 5.09. The van der Waals surface area contributed by atoms with Crippen LogP contribution in [0.3, 0.4) is 0 Å². The number of rotatable bonds is 9. The number of ketones is 1. The smallest absolute Gasteiger partial charge is 0.306 e. The zero-order valence-electron chi connectivity index (χ0n) is 17.0. The van der Waals surface area contributed by atoms with Crippen LogP contribution < -0.4 is 10.1 Å². The largest absolute Gasteiger partial charge is 0.487 e. The van der Waals surface area contributed by atoms with E-state index in [9.17, 15) is 23.2 Å². The second-order valence-electron chi connectivity index (χ2n) is 7.57. The fourth-order valence-electron chi connectivity index (χ4n) is 3.56. The summed E-state index contributed by atoms with van der Waals surface area (Å²) in [5.74, 6) is -4.28. The highest BCUT2D eigenvalue weighted by Gasteiger charge is 2.28. The van der Waals surface area contributed by atoms with Crippen LogP contribution in [0.25, 0.3) is 0 Å². The van der Waals surface area contributed by atoms with E-state index < -0.39 is 35.4 Å². The van der Waals surface area contributed by atoms with Gasteiger partial charge in [-0.15, -0.1) is 11.3 Å². The molecule has 0 saturated heterocycles. The standard InChI is InChI=1S/C22H22ClF2NO5S/c23-15-7-9-32-20(15)21(28)26-8-1-2-18(27)14-10-17(25)19(11-16(14)24)31-13-5-3-12(4-6-13)22(29)30/h7,9-13H,1-6,8H2,(H,26,28)(H,29,30). The molecule has 0 aliphatic heterocycles. The average molecular weight is 486 g/mol. The van der Waals surface area contributed by atoms with Gasteiger partial charge < -0.3 is 15.2 Å². The van der Waals surface area contributed by atoms with Gasteiger partial charge >= 0.3 is 5.97 Å². The van der Waals surface area contributed by atoms with Gasteiger partial charge in [0.15, 0.2) is 17.3 Å². The molecule has 172 valence electrons. The van der Waals surface area contributed by atoms with Crippen LogP contribution in [-0.2, 0) is 4.79 Å². The minimum absolute atomic E-state index is 0.0752. The number of Topliss-reactive ketones (excluding diaryl/α,β-unsaturated/α-hetero) is 1. The van der Waals surface area contributed by atoms with Crippen molar-refractivity contribution in [1.82, 2.24) is 5.32 Å². The lowest BCUT2D eigenvalue weighted by Gasteiger charge is -2.27. The van der Waals surface area contributed by atoms with Gasteiger partial charge in [-0.1, -0.05) is 11.6 Å². The highest BCUT2D eigenvalue weighted by molar-refractivity contribution is 7.12. The maximum Gasteiger partial charge on any atom is 0.306 e. The molecule has 0 atom stereocenters. The monoisotopic (exact) mass is 485 g/mol. The number of aliphatic carboxylic acids is 1. The SMILES string of the molecule is O=C(CCCNC(=O)c1sccc1Cl)c1cc(F)c(OC2CCC(C(=O)O)CC2)cc1F. The van der Waals surface area contributed by atoms with E-state index in [0.717, 1.165) is 12.1 Å². The Morgan fingerprint density at radius 3 is 2.50 bits per heavy atom. The predicted molar refractivity (Wildman–Crippen MR) is 116 cm³/mol. The van der Waals surface area contributed by atoms with Crippen molar-refractivity contribution < 1.29 is 33.0 Å². The minimum Gasteiger partial charge on any atom is -0.487 e. The van der Waals surface area contributed by atoms with Gasteiger partial charge in [0.1, 0.15) is 10.7 Å². The third-order valence-corrected chi connectivity index (χ3v) is 6.67. The first kappa shape index (κ1) is 24.1. The van der Waals surface area contributed by atoms with Crippen LogP contribution >= 0.6 is 22.9 Å². The van der Waals surface area contributed by atoms with E-state index >= 15 is 0 Å². The minimum atomic E-state index is -0.889. The van der Waals surface area contributed by atoms with E-state index in [2.05, 4.69) is 5.32 Å². The Labute approximate surface area is 192 Å². The number of ether oxygens (including phenoxy) is 1. The second-order valence-corrected chi connectivity index (χ2v) is 8.90. The van der Waals surface area contributed by atoms with Crippen LogP contribution in [0.5, 0.6) is 5.75 Å². The molecule has 1 fully saturated rings. The molecule has 1 aromatic carbocycles. The first-order valence-corrected chi connectivity index (χ1v) is 11.4. The molecule has 1 heterocycles. The molecule has 6 nitrogen and oxygen atoms in total. The van der Waals surface area contributed by atoms with Gasteiger partial charge in [0.25, 0.3) is 5.91 Å². The molecule has 10 heteroatoms. The van der Waals surface area contributed by atoms with Crippen LogP contribution in [0, 0.1) is 17.6 Å². The van der Waals surface area contributed by atoms with Crippen molar-refractivity contribution in [2.45, 2.75) is 44.6 Å². The Morgan fingerprint density at radius 1 is 1.16 bits per heavy atom. The van der Waals surface area contributed by atoms with Gasteiger partial charge in [-0.25, -0.2) is 8.78 Å². The van der Waals surface area contributed by atoms with Crippen molar-refractivity contribution >= 4 is 40.6 Å². The topological polar surface area (TPSA) is 92.7 Å². The maximum atomic E-state index is 14.4. The summed E-state index contributed by atoms with van der Waals surface area (Å²) in [6, 6.07) is 3.28. The second kappa shape index (κ2) is 10.9. The summed E-state index contributed by atoms with van der Waals surface area (Å²) in [5, 5.41) is 13.7. The van der Waals surface area contributed by atoms with Crippen LogP contribution in [-0.4, -0.2) is 35.4 Å². The molecule has 1 amide bonds. The Hall–Kier alpha value is -2.52. The number of carbonyl (C=O) groups excluding carboxylic acids is 2. The van der Waals surface area contributed by atoms with Crippen molar-refractivity contribution in [2.75, 3.05) is 6.54 Å². The summed E-state index contributed by atoms with van der Waals surface area (Å²) in [6.45, 7) is 0.184. The van der Waals surface area contributed by atoms with E-state index in [1.165, 1.54) is 11.3 Å². The molecule has 32 heavy (non-hydrogen) atoms. The van der Waals surface area contributed by atoms with Crippen molar-refractivity contribution in [1.29, 1.82) is 0 Å². The number of thiophene rings is 1. The Kier molecular flexibility index (Phi) is 8.20. The number of amides is 1. The van der Waals surface area contributed by atoms with Crippen LogP contribution in [0.2, 0.25) is 5.02 Å². The average Bonchev–Trinajstić information content (AvgIpc) is 3.19. The molecule has 1 saturated carbocycles. The number of hydrogen-bond donors (Lipinski definition) is 2. The van der Waals surface area contributed by atoms with Gasteiger partial charge in [0.2, 0.25) is 0 Å². The number of carboxylic acids is 1. The molecule has 3 rings (SSSR count). The molecule has 0 bridgehead atoms. The quantitative estimate of drug-likeness (QED) is 0.381. The van der Waals surface area contributed by atoms with Crippen molar-refractivity contribution in [3.05, 3.63) is 50.7 Å².